The van der Waals surface area contributed by atoms with Crippen molar-refractivity contribution in [2.24, 2.45) is 0 Å². The molecule has 0 spiro atoms. The maximum Gasteiger partial charge on any atom is 0.450 e. The zero-order valence-corrected chi connectivity index (χ0v) is 24.3. The molecule has 0 amide bonds. The third kappa shape index (κ3) is 7.58. The summed E-state index contributed by atoms with van der Waals surface area (Å²) >= 11 is 0. The minimum atomic E-state index is -5.13. The normalized spacial score (nSPS) is 12.4. The number of hydrogen-bond acceptors (Lipinski definition) is 4. The largest absolute Gasteiger partial charge is 0.450 e. The molecule has 0 aliphatic carbocycles. The SMILES string of the molecule is CC(=O)Cc1c(C)cc(Cc2cc(C)c(CC(=O)C(F)(F)F)c(C)c2S(=O)(=O)Nc2ccc(C(F)(F)F)cc2)cc1C. The van der Waals surface area contributed by atoms with E-state index in [0.717, 1.165) is 28.8 Å². The fourth-order valence-electron chi connectivity index (χ4n) is 4.99. The van der Waals surface area contributed by atoms with E-state index in [-0.39, 0.29) is 51.5 Å². The summed E-state index contributed by atoms with van der Waals surface area (Å²) in [6, 6.07) is 8.23. The van der Waals surface area contributed by atoms with Crippen molar-refractivity contribution >= 4 is 27.3 Å². The van der Waals surface area contributed by atoms with Crippen LogP contribution in [-0.4, -0.2) is 26.2 Å². The van der Waals surface area contributed by atoms with Gasteiger partial charge in [0, 0.05) is 18.5 Å². The number of sulfonamides is 1. The Labute approximate surface area is 240 Å². The highest BCUT2D eigenvalue weighted by atomic mass is 32.2. The molecular weight excluding hydrogens is 584 g/mol. The van der Waals surface area contributed by atoms with Gasteiger partial charge in [-0.3, -0.25) is 14.3 Å². The molecule has 1 N–H and O–H groups in total. The molecule has 0 saturated carbocycles. The number of nitrogens with one attached hydrogen (secondary N) is 1. The molecule has 42 heavy (non-hydrogen) atoms. The van der Waals surface area contributed by atoms with Gasteiger partial charge in [0.25, 0.3) is 10.0 Å². The second kappa shape index (κ2) is 11.9. The van der Waals surface area contributed by atoms with Gasteiger partial charge in [0.1, 0.15) is 5.78 Å². The average molecular weight is 614 g/mol. The van der Waals surface area contributed by atoms with E-state index in [1.165, 1.54) is 26.8 Å². The Kier molecular flexibility index (Phi) is 9.31. The zero-order valence-electron chi connectivity index (χ0n) is 23.5. The number of hydrogen-bond donors (Lipinski definition) is 1. The van der Waals surface area contributed by atoms with E-state index in [1.807, 2.05) is 0 Å². The molecule has 3 aromatic rings. The van der Waals surface area contributed by atoms with Crippen molar-refractivity contribution in [2.75, 3.05) is 4.72 Å². The first-order chi connectivity index (χ1) is 19.2. The summed E-state index contributed by atoms with van der Waals surface area (Å²) in [5.74, 6) is -2.08. The second-order valence-electron chi connectivity index (χ2n) is 10.3. The van der Waals surface area contributed by atoms with Crippen LogP contribution in [0.4, 0.5) is 32.0 Å². The van der Waals surface area contributed by atoms with Crippen molar-refractivity contribution in [1.82, 2.24) is 0 Å². The maximum absolute atomic E-state index is 13.7. The van der Waals surface area contributed by atoms with Crippen molar-refractivity contribution in [3.05, 3.63) is 92.5 Å². The third-order valence-electron chi connectivity index (χ3n) is 6.91. The minimum absolute atomic E-state index is 0.0282. The highest BCUT2D eigenvalue weighted by Gasteiger charge is 2.39. The van der Waals surface area contributed by atoms with Crippen LogP contribution in [-0.2, 0) is 45.1 Å². The molecule has 0 aliphatic rings. The Hall–Kier alpha value is -3.67. The minimum Gasteiger partial charge on any atom is -0.300 e. The molecule has 0 atom stereocenters. The van der Waals surface area contributed by atoms with E-state index >= 15 is 0 Å². The number of anilines is 1. The smallest absolute Gasteiger partial charge is 0.300 e. The van der Waals surface area contributed by atoms with Crippen LogP contribution in [0.25, 0.3) is 0 Å². The lowest BCUT2D eigenvalue weighted by molar-refractivity contribution is -0.170. The first kappa shape index (κ1) is 32.8. The second-order valence-corrected chi connectivity index (χ2v) is 11.9. The summed E-state index contributed by atoms with van der Waals surface area (Å²) in [6.45, 7) is 7.84. The van der Waals surface area contributed by atoms with Gasteiger partial charge in [-0.15, -0.1) is 0 Å². The Balaban J connectivity index is 2.16. The molecule has 12 heteroatoms. The van der Waals surface area contributed by atoms with E-state index in [2.05, 4.69) is 4.72 Å². The van der Waals surface area contributed by atoms with E-state index in [0.29, 0.717) is 17.7 Å². The Morgan fingerprint density at radius 2 is 1.31 bits per heavy atom. The number of Topliss-reactive ketones (excluding diaryl/α,β-unsaturated/α-hetero) is 2. The quantitative estimate of drug-likeness (QED) is 0.260. The Bertz CT molecular complexity index is 1620. The summed E-state index contributed by atoms with van der Waals surface area (Å²) in [5, 5.41) is 0. The lowest BCUT2D eigenvalue weighted by Gasteiger charge is -2.21. The molecule has 0 fully saturated rings. The topological polar surface area (TPSA) is 80.3 Å². The molecular formula is C30H29F6NO4S. The van der Waals surface area contributed by atoms with Crippen molar-refractivity contribution in [3.8, 4) is 0 Å². The maximum atomic E-state index is 13.7. The fourth-order valence-corrected chi connectivity index (χ4v) is 6.54. The van der Waals surface area contributed by atoms with Crippen LogP contribution >= 0.6 is 0 Å². The zero-order chi connectivity index (χ0) is 31.8. The van der Waals surface area contributed by atoms with Crippen molar-refractivity contribution in [2.45, 2.75) is 71.1 Å². The molecule has 3 aromatic carbocycles. The van der Waals surface area contributed by atoms with Crippen LogP contribution in [0, 0.1) is 27.7 Å². The van der Waals surface area contributed by atoms with Gasteiger partial charge in [-0.25, -0.2) is 8.42 Å². The monoisotopic (exact) mass is 613 g/mol. The van der Waals surface area contributed by atoms with Gasteiger partial charge < -0.3 is 0 Å². The van der Waals surface area contributed by atoms with Gasteiger partial charge in [-0.1, -0.05) is 18.2 Å². The molecule has 0 aliphatic heterocycles. The van der Waals surface area contributed by atoms with Crippen molar-refractivity contribution in [3.63, 3.8) is 0 Å². The van der Waals surface area contributed by atoms with Gasteiger partial charge in [-0.05, 0) is 110 Å². The number of alkyl halides is 6. The number of rotatable bonds is 9. The predicted molar refractivity (Wildman–Crippen MR) is 146 cm³/mol. The predicted octanol–water partition coefficient (Wildman–Crippen LogP) is 7.14. The molecule has 5 nitrogen and oxygen atoms in total. The van der Waals surface area contributed by atoms with Crippen molar-refractivity contribution < 1.29 is 44.3 Å². The number of benzene rings is 3. The molecule has 0 radical (unpaired) electrons. The lowest BCUT2D eigenvalue weighted by Crippen LogP contribution is -2.26. The fraction of sp³-hybridized carbons (Fsp3) is 0.333. The average Bonchev–Trinajstić information content (AvgIpc) is 2.82. The van der Waals surface area contributed by atoms with Crippen molar-refractivity contribution in [1.29, 1.82) is 0 Å². The molecule has 0 unspecified atom stereocenters. The van der Waals surface area contributed by atoms with Crippen LogP contribution in [0.1, 0.15) is 57.0 Å². The summed E-state index contributed by atoms with van der Waals surface area (Å²) in [7, 11) is -4.57. The lowest BCUT2D eigenvalue weighted by atomic mass is 9.90. The molecule has 0 heterocycles. The number of ketones is 2. The van der Waals surface area contributed by atoms with Gasteiger partial charge >= 0.3 is 12.4 Å². The Morgan fingerprint density at radius 1 is 0.786 bits per heavy atom. The van der Waals surface area contributed by atoms with E-state index in [1.54, 1.807) is 26.0 Å². The highest BCUT2D eigenvalue weighted by Crippen LogP contribution is 2.34. The van der Waals surface area contributed by atoms with E-state index in [9.17, 15) is 44.3 Å². The molecule has 0 aromatic heterocycles. The standard InChI is InChI=1S/C30H29F6NO4S/c1-16-10-21(11-17(2)25(16)13-19(4)38)14-22-12-18(3)26(15-27(39)30(34,35)36)20(5)28(22)42(40,41)37-24-8-6-23(7-9-24)29(31,32)33/h6-12,37H,13-15H2,1-5H3. The molecule has 226 valence electrons. The number of carbonyl (C=O) groups is 2. The van der Waals surface area contributed by atoms with Crippen LogP contribution < -0.4 is 4.72 Å². The van der Waals surface area contributed by atoms with Gasteiger partial charge in [0.05, 0.1) is 10.5 Å². The summed E-state index contributed by atoms with van der Waals surface area (Å²) < 4.78 is 108. The Morgan fingerprint density at radius 3 is 1.79 bits per heavy atom. The van der Waals surface area contributed by atoms with Crippen LogP contribution in [0.15, 0.2) is 47.4 Å². The van der Waals surface area contributed by atoms with Crippen LogP contribution in [0.3, 0.4) is 0 Å². The molecule has 0 bridgehead atoms. The summed E-state index contributed by atoms with van der Waals surface area (Å²) in [6.07, 6.45) is -10.6. The summed E-state index contributed by atoms with van der Waals surface area (Å²) in [5.41, 5.74) is 2.20. The van der Waals surface area contributed by atoms with E-state index in [4.69, 9.17) is 0 Å². The first-order valence-electron chi connectivity index (χ1n) is 12.7. The third-order valence-corrected chi connectivity index (χ3v) is 8.52. The van der Waals surface area contributed by atoms with Crippen LogP contribution in [0.5, 0.6) is 0 Å². The van der Waals surface area contributed by atoms with Gasteiger partial charge in [0.2, 0.25) is 5.78 Å². The number of aryl methyl sites for hydroxylation is 3. The molecule has 0 saturated heterocycles. The first-order valence-corrected chi connectivity index (χ1v) is 14.2. The highest BCUT2D eigenvalue weighted by molar-refractivity contribution is 7.92. The van der Waals surface area contributed by atoms with Gasteiger partial charge in [0.15, 0.2) is 0 Å². The van der Waals surface area contributed by atoms with Gasteiger partial charge in [-0.2, -0.15) is 26.3 Å². The van der Waals surface area contributed by atoms with E-state index < -0.39 is 40.1 Å². The summed E-state index contributed by atoms with van der Waals surface area (Å²) in [4.78, 5) is 23.2. The van der Waals surface area contributed by atoms with Crippen LogP contribution in [0.2, 0.25) is 0 Å². The number of halogens is 6. The number of carbonyl (C=O) groups excluding carboxylic acids is 2. The molecule has 3 rings (SSSR count).